The van der Waals surface area contributed by atoms with Gasteiger partial charge in [0.05, 0.1) is 11.0 Å². The van der Waals surface area contributed by atoms with Gasteiger partial charge in [0.15, 0.2) is 0 Å². The molecule has 17 aromatic rings. The first kappa shape index (κ1) is 73.7. The second-order valence-electron chi connectivity index (χ2n) is 34.0. The van der Waals surface area contributed by atoms with Gasteiger partial charge in [0.1, 0.15) is 0 Å². The van der Waals surface area contributed by atoms with Crippen molar-refractivity contribution >= 4 is 38.9 Å². The number of rotatable bonds is 24. The Hall–Kier alpha value is -13.1. The summed E-state index contributed by atoms with van der Waals surface area (Å²) in [6, 6.07) is 143. The van der Waals surface area contributed by atoms with Crippen molar-refractivity contribution < 1.29 is 0 Å². The van der Waals surface area contributed by atoms with Crippen LogP contribution in [0.5, 0.6) is 0 Å². The minimum atomic E-state index is -0.224. The van der Waals surface area contributed by atoms with Gasteiger partial charge >= 0.3 is 0 Å². The monoisotopic (exact) mass is 1520 g/mol. The van der Waals surface area contributed by atoms with E-state index < -0.39 is 0 Å². The number of benzene rings is 16. The summed E-state index contributed by atoms with van der Waals surface area (Å²) in [5.41, 5.74) is 40.8. The summed E-state index contributed by atoms with van der Waals surface area (Å²) in [7, 11) is 0. The van der Waals surface area contributed by atoms with E-state index in [2.05, 4.69) is 426 Å². The van der Waals surface area contributed by atoms with E-state index in [0.717, 1.165) is 67.7 Å². The molecule has 0 N–H and O–H groups in total. The Kier molecular flexibility index (Phi) is 19.5. The Morgan fingerprint density at radius 2 is 0.771 bits per heavy atom. The number of hydrogen-bond donors (Lipinski definition) is 0. The van der Waals surface area contributed by atoms with Crippen LogP contribution in [0.25, 0.3) is 117 Å². The van der Waals surface area contributed by atoms with Crippen LogP contribution in [0.4, 0.5) is 17.1 Å². The standard InChI is InChI=1S/C116H98N2/c1-6-8-9-23-70-116(98-26-15-11-16-27-98)110-33-22-20-31-104(110)106-66-58-96(76-112(106)116)90-42-38-82(39-43-90)79(7-2)72-97(91-48-46-86(47-49-91)92-52-50-87-51-53-93(87)73-92)71-78(3)80-34-36-88(37-35-80)94-59-68-113-107(74-94)108-75-95(60-69-114(108)118(113)99-28-17-12-18-29-99)89-44-40-83(41-45-89)85-56-63-101(64-57-85)117(100-61-54-84(55-62-100)81-24-13-10-14-25-81)102-65-67-105-103-30-19-21-32-109(103)115(4,5)111(105)77-102/h6,10-22,24-50,52,54-69,73-79,97H,1,7-9,23,51,53,70-72H2,2-5H3. The van der Waals surface area contributed by atoms with Gasteiger partial charge in [0, 0.05) is 44.4 Å². The van der Waals surface area contributed by atoms with Crippen LogP contribution in [-0.2, 0) is 23.7 Å². The largest absolute Gasteiger partial charge is 0.310 e. The number of allylic oxidation sites excluding steroid dienone is 1. The number of nitrogens with zero attached hydrogens (tertiary/aromatic N) is 2. The van der Waals surface area contributed by atoms with Crippen LogP contribution in [0.3, 0.4) is 0 Å². The molecule has 2 heteroatoms. The zero-order valence-corrected chi connectivity index (χ0v) is 68.1. The lowest BCUT2D eigenvalue weighted by molar-refractivity contribution is 0.467. The van der Waals surface area contributed by atoms with Gasteiger partial charge in [-0.15, -0.1) is 6.58 Å². The zero-order valence-electron chi connectivity index (χ0n) is 68.1. The van der Waals surface area contributed by atoms with Crippen molar-refractivity contribution in [2.75, 3.05) is 4.90 Å². The van der Waals surface area contributed by atoms with E-state index in [-0.39, 0.29) is 10.8 Å². The molecule has 16 aromatic carbocycles. The molecule has 1 aromatic heterocycles. The highest BCUT2D eigenvalue weighted by atomic mass is 15.1. The van der Waals surface area contributed by atoms with Crippen molar-refractivity contribution in [2.24, 2.45) is 0 Å². The van der Waals surface area contributed by atoms with E-state index in [9.17, 15) is 0 Å². The molecule has 0 spiro atoms. The minimum absolute atomic E-state index is 0.124. The van der Waals surface area contributed by atoms with Gasteiger partial charge in [-0.05, 0) is 293 Å². The molecule has 4 unspecified atom stereocenters. The molecule has 0 amide bonds. The molecule has 3 aliphatic rings. The molecule has 4 atom stereocenters. The Balaban J connectivity index is 0.572. The first-order valence-electron chi connectivity index (χ1n) is 42.9. The number of aromatic nitrogens is 1. The fourth-order valence-electron chi connectivity index (χ4n) is 20.4. The molecule has 0 radical (unpaired) electrons. The summed E-state index contributed by atoms with van der Waals surface area (Å²) < 4.78 is 2.44. The molecule has 0 saturated carbocycles. The Labute approximate surface area is 696 Å². The molecule has 20 rings (SSSR count). The van der Waals surface area contributed by atoms with Crippen molar-refractivity contribution in [3.05, 3.63) is 444 Å². The lowest BCUT2D eigenvalue weighted by Crippen LogP contribution is -2.27. The topological polar surface area (TPSA) is 8.17 Å². The van der Waals surface area contributed by atoms with Gasteiger partial charge in [0.2, 0.25) is 0 Å². The molecule has 0 aliphatic heterocycles. The summed E-state index contributed by atoms with van der Waals surface area (Å²) in [5.74, 6) is 1.05. The molecule has 3 aliphatic carbocycles. The summed E-state index contributed by atoms with van der Waals surface area (Å²) in [6.45, 7) is 13.7. The second-order valence-corrected chi connectivity index (χ2v) is 34.0. The highest BCUT2D eigenvalue weighted by Crippen LogP contribution is 2.57. The van der Waals surface area contributed by atoms with E-state index in [4.69, 9.17) is 0 Å². The maximum Gasteiger partial charge on any atom is 0.0541 e. The van der Waals surface area contributed by atoms with Gasteiger partial charge in [-0.1, -0.05) is 337 Å². The zero-order chi connectivity index (χ0) is 79.4. The van der Waals surface area contributed by atoms with Gasteiger partial charge < -0.3 is 9.47 Å². The SMILES string of the molecule is C=CCCCCC1(c2ccccc2)c2ccccc2-c2ccc(-c3ccc(C(CC)CC(CC(C)c4ccc(-c5ccc6c(c5)c5cc(-c7ccc(-c8ccc(N(c9ccc(-c%10ccccc%10)cc9)c9ccc%10c(c9)C(C)(C)c9ccccc9-%10)cc8)cc7)ccc5n6-c5ccccc5)cc4)c4ccc(-c5ccc6c(c5)CC6)cc4)cc3)cc21. The number of aryl methyl sites for hydroxylation is 2. The van der Waals surface area contributed by atoms with Crippen LogP contribution in [0.2, 0.25) is 0 Å². The van der Waals surface area contributed by atoms with Crippen molar-refractivity contribution in [3.63, 3.8) is 0 Å². The summed E-state index contributed by atoms with van der Waals surface area (Å²) in [4.78, 5) is 2.41. The third-order valence-electron chi connectivity index (χ3n) is 27.0. The number of hydrogen-bond acceptors (Lipinski definition) is 1. The maximum absolute atomic E-state index is 4.07. The number of anilines is 3. The second kappa shape index (κ2) is 31.1. The number of unbranched alkanes of at least 4 members (excludes halogenated alkanes) is 2. The third kappa shape index (κ3) is 13.4. The average molecular weight is 1520 g/mol. The maximum atomic E-state index is 4.07. The Bertz CT molecular complexity index is 6550. The molecule has 118 heavy (non-hydrogen) atoms. The Morgan fingerprint density at radius 3 is 1.34 bits per heavy atom. The molecule has 2 nitrogen and oxygen atoms in total. The van der Waals surface area contributed by atoms with Crippen LogP contribution in [0, 0.1) is 0 Å². The Morgan fingerprint density at radius 1 is 0.347 bits per heavy atom. The van der Waals surface area contributed by atoms with E-state index in [0.29, 0.717) is 17.8 Å². The molecule has 0 fully saturated rings. The average Bonchev–Trinajstić information content (AvgIpc) is 1.55. The van der Waals surface area contributed by atoms with Gasteiger partial charge in [0.25, 0.3) is 0 Å². The van der Waals surface area contributed by atoms with Crippen molar-refractivity contribution in [3.8, 4) is 94.7 Å². The van der Waals surface area contributed by atoms with E-state index >= 15 is 0 Å². The molecule has 572 valence electrons. The van der Waals surface area contributed by atoms with Crippen molar-refractivity contribution in [2.45, 2.75) is 114 Å². The summed E-state index contributed by atoms with van der Waals surface area (Å²) >= 11 is 0. The summed E-state index contributed by atoms with van der Waals surface area (Å²) in [5, 5.41) is 2.47. The van der Waals surface area contributed by atoms with Crippen LogP contribution >= 0.6 is 0 Å². The highest BCUT2D eigenvalue weighted by molar-refractivity contribution is 6.12. The van der Waals surface area contributed by atoms with E-state index in [1.165, 1.54) is 179 Å². The number of para-hydroxylation sites is 1. The van der Waals surface area contributed by atoms with Gasteiger partial charge in [-0.2, -0.15) is 0 Å². The van der Waals surface area contributed by atoms with E-state index in [1.54, 1.807) is 0 Å². The summed E-state index contributed by atoms with van der Waals surface area (Å²) in [6.07, 6.45) is 12.0. The smallest absolute Gasteiger partial charge is 0.0541 e. The first-order chi connectivity index (χ1) is 58.0. The van der Waals surface area contributed by atoms with Crippen molar-refractivity contribution in [1.82, 2.24) is 4.57 Å². The molecular formula is C116H98N2. The van der Waals surface area contributed by atoms with Crippen LogP contribution in [0.15, 0.2) is 389 Å². The number of fused-ring (bicyclic) bond motifs is 10. The minimum Gasteiger partial charge on any atom is -0.310 e. The van der Waals surface area contributed by atoms with Crippen LogP contribution < -0.4 is 4.90 Å². The van der Waals surface area contributed by atoms with Crippen LogP contribution in [0.1, 0.15) is 146 Å². The van der Waals surface area contributed by atoms with Crippen molar-refractivity contribution in [1.29, 1.82) is 0 Å². The molecular weight excluding hydrogens is 1420 g/mol. The fourth-order valence-corrected chi connectivity index (χ4v) is 20.4. The van der Waals surface area contributed by atoms with Gasteiger partial charge in [-0.25, -0.2) is 0 Å². The quantitative estimate of drug-likeness (QED) is 0.0432. The first-order valence-corrected chi connectivity index (χ1v) is 42.9. The van der Waals surface area contributed by atoms with Gasteiger partial charge in [-0.3, -0.25) is 0 Å². The van der Waals surface area contributed by atoms with Crippen LogP contribution in [-0.4, -0.2) is 4.57 Å². The lowest BCUT2D eigenvalue weighted by Gasteiger charge is -2.33. The molecule has 0 saturated heterocycles. The fraction of sp³-hybridized carbons (Fsp3) is 0.155. The predicted molar refractivity (Wildman–Crippen MR) is 500 cm³/mol. The predicted octanol–water partition coefficient (Wildman–Crippen LogP) is 31.6. The lowest BCUT2D eigenvalue weighted by atomic mass is 9.69. The van der Waals surface area contributed by atoms with E-state index in [1.807, 2.05) is 0 Å². The third-order valence-corrected chi connectivity index (χ3v) is 27.0. The highest BCUT2D eigenvalue weighted by Gasteiger charge is 2.44. The molecule has 0 bridgehead atoms. The molecule has 1 heterocycles. The normalized spacial score (nSPS) is 14.8.